The number of carboxylic acid groups (broad SMARTS) is 1. The summed E-state index contributed by atoms with van der Waals surface area (Å²) in [6.07, 6.45) is 1.20. The standard InChI is InChI=1S/C17H23ClN4O3/c18-15-2-1-12(9-14(15)17(24)25)20-16(23)11-21-5-7-22(8-6-21)13-3-4-19-10-13/h1-2,9,13,19H,3-8,10-11H2,(H,20,23)(H,24,25)/t13-/m1/s1. The second-order valence-corrected chi connectivity index (χ2v) is 6.91. The van der Waals surface area contributed by atoms with Crippen LogP contribution in [0.1, 0.15) is 16.8 Å². The van der Waals surface area contributed by atoms with Gasteiger partial charge in [0, 0.05) is 44.5 Å². The Balaban J connectivity index is 1.48. The van der Waals surface area contributed by atoms with Crippen LogP contribution >= 0.6 is 11.6 Å². The Labute approximate surface area is 151 Å². The van der Waals surface area contributed by atoms with Gasteiger partial charge in [-0.25, -0.2) is 4.79 Å². The van der Waals surface area contributed by atoms with Gasteiger partial charge in [0.25, 0.3) is 0 Å². The van der Waals surface area contributed by atoms with Gasteiger partial charge in [-0.3, -0.25) is 14.6 Å². The number of nitrogens with zero attached hydrogens (tertiary/aromatic N) is 2. The first-order chi connectivity index (χ1) is 12.0. The number of benzene rings is 1. The van der Waals surface area contributed by atoms with Gasteiger partial charge in [-0.1, -0.05) is 11.6 Å². The van der Waals surface area contributed by atoms with Crippen molar-refractivity contribution in [1.82, 2.24) is 15.1 Å². The first kappa shape index (κ1) is 18.1. The molecule has 0 aromatic heterocycles. The first-order valence-corrected chi connectivity index (χ1v) is 8.90. The number of piperazine rings is 1. The van der Waals surface area contributed by atoms with Gasteiger partial charge in [-0.15, -0.1) is 0 Å². The maximum absolute atomic E-state index is 12.2. The molecular weight excluding hydrogens is 344 g/mol. The highest BCUT2D eigenvalue weighted by Crippen LogP contribution is 2.20. The topological polar surface area (TPSA) is 84.9 Å². The van der Waals surface area contributed by atoms with E-state index in [9.17, 15) is 9.59 Å². The molecule has 0 spiro atoms. The predicted octanol–water partition coefficient (Wildman–Crippen LogP) is 0.956. The Morgan fingerprint density at radius 2 is 2.04 bits per heavy atom. The second-order valence-electron chi connectivity index (χ2n) is 6.51. The van der Waals surface area contributed by atoms with Crippen LogP contribution < -0.4 is 10.6 Å². The number of hydrogen-bond acceptors (Lipinski definition) is 5. The number of hydrogen-bond donors (Lipinski definition) is 3. The summed E-state index contributed by atoms with van der Waals surface area (Å²) in [6, 6.07) is 5.10. The number of halogens is 1. The summed E-state index contributed by atoms with van der Waals surface area (Å²) in [7, 11) is 0. The number of carbonyl (C=O) groups is 2. The monoisotopic (exact) mass is 366 g/mol. The fraction of sp³-hybridized carbons (Fsp3) is 0.529. The van der Waals surface area contributed by atoms with Gasteiger partial charge in [0.15, 0.2) is 0 Å². The summed E-state index contributed by atoms with van der Waals surface area (Å²) in [6.45, 7) is 6.14. The largest absolute Gasteiger partial charge is 0.478 e. The second kappa shape index (κ2) is 8.14. The molecule has 25 heavy (non-hydrogen) atoms. The molecule has 2 aliphatic rings. The molecule has 3 N–H and O–H groups in total. The van der Waals surface area contributed by atoms with E-state index in [-0.39, 0.29) is 16.5 Å². The van der Waals surface area contributed by atoms with Gasteiger partial charge in [0.05, 0.1) is 17.1 Å². The zero-order valence-corrected chi connectivity index (χ0v) is 14.8. The van der Waals surface area contributed by atoms with Crippen molar-refractivity contribution in [3.63, 3.8) is 0 Å². The normalized spacial score (nSPS) is 22.0. The maximum atomic E-state index is 12.2. The molecule has 136 valence electrons. The van der Waals surface area contributed by atoms with E-state index in [0.29, 0.717) is 18.3 Å². The Morgan fingerprint density at radius 1 is 1.28 bits per heavy atom. The lowest BCUT2D eigenvalue weighted by Gasteiger charge is -2.37. The summed E-state index contributed by atoms with van der Waals surface area (Å²) < 4.78 is 0. The molecule has 1 aromatic carbocycles. The molecule has 1 atom stereocenters. The Bertz CT molecular complexity index is 641. The van der Waals surface area contributed by atoms with Crippen molar-refractivity contribution in [1.29, 1.82) is 0 Å². The molecule has 1 aromatic rings. The average molecular weight is 367 g/mol. The number of carbonyl (C=O) groups excluding carboxylic acids is 1. The molecule has 2 aliphatic heterocycles. The van der Waals surface area contributed by atoms with Crippen LogP contribution in [0.4, 0.5) is 5.69 Å². The first-order valence-electron chi connectivity index (χ1n) is 8.53. The molecule has 0 bridgehead atoms. The van der Waals surface area contributed by atoms with Gasteiger partial charge in [-0.2, -0.15) is 0 Å². The average Bonchev–Trinajstić information content (AvgIpc) is 3.11. The maximum Gasteiger partial charge on any atom is 0.337 e. The van der Waals surface area contributed by atoms with E-state index in [1.54, 1.807) is 6.07 Å². The summed E-state index contributed by atoms with van der Waals surface area (Å²) in [5.41, 5.74) is 0.431. The lowest BCUT2D eigenvalue weighted by Crippen LogP contribution is -2.52. The third kappa shape index (κ3) is 4.70. The molecule has 0 saturated carbocycles. The van der Waals surface area contributed by atoms with Crippen LogP contribution in [0.2, 0.25) is 5.02 Å². The van der Waals surface area contributed by atoms with Crippen molar-refractivity contribution < 1.29 is 14.7 Å². The van der Waals surface area contributed by atoms with Crippen LogP contribution in [0.5, 0.6) is 0 Å². The third-order valence-corrected chi connectivity index (χ3v) is 5.13. The van der Waals surface area contributed by atoms with E-state index < -0.39 is 5.97 Å². The van der Waals surface area contributed by atoms with E-state index in [0.717, 1.165) is 39.3 Å². The molecule has 0 unspecified atom stereocenters. The van der Waals surface area contributed by atoms with Crippen molar-refractivity contribution in [3.05, 3.63) is 28.8 Å². The quantitative estimate of drug-likeness (QED) is 0.719. The van der Waals surface area contributed by atoms with Crippen LogP contribution in [0.25, 0.3) is 0 Å². The Hall–Kier alpha value is -1.67. The Kier molecular flexibility index (Phi) is 5.90. The summed E-state index contributed by atoms with van der Waals surface area (Å²) in [4.78, 5) is 27.9. The van der Waals surface area contributed by atoms with E-state index in [2.05, 4.69) is 20.4 Å². The third-order valence-electron chi connectivity index (χ3n) is 4.81. The molecule has 8 heteroatoms. The van der Waals surface area contributed by atoms with Crippen LogP contribution in [-0.4, -0.2) is 78.6 Å². The predicted molar refractivity (Wildman–Crippen MR) is 96.3 cm³/mol. The molecule has 0 radical (unpaired) electrons. The summed E-state index contributed by atoms with van der Waals surface area (Å²) >= 11 is 5.84. The Morgan fingerprint density at radius 3 is 2.68 bits per heavy atom. The van der Waals surface area contributed by atoms with Crippen LogP contribution in [0.3, 0.4) is 0 Å². The molecule has 1 amide bonds. The van der Waals surface area contributed by atoms with Crippen molar-refractivity contribution in [2.24, 2.45) is 0 Å². The molecule has 3 rings (SSSR count). The molecule has 2 saturated heterocycles. The van der Waals surface area contributed by atoms with Crippen molar-refractivity contribution in [3.8, 4) is 0 Å². The SMILES string of the molecule is O=C(CN1CCN([C@@H]2CCNC2)CC1)Nc1ccc(Cl)c(C(=O)O)c1. The van der Waals surface area contributed by atoms with Gasteiger partial charge in [0.1, 0.15) is 0 Å². The van der Waals surface area contributed by atoms with Crippen molar-refractivity contribution >= 4 is 29.2 Å². The number of carboxylic acids is 1. The molecule has 2 fully saturated rings. The molecular formula is C17H23ClN4O3. The molecule has 2 heterocycles. The lowest BCUT2D eigenvalue weighted by molar-refractivity contribution is -0.117. The minimum Gasteiger partial charge on any atom is -0.478 e. The van der Waals surface area contributed by atoms with Gasteiger partial charge < -0.3 is 15.7 Å². The van der Waals surface area contributed by atoms with E-state index in [1.807, 2.05) is 0 Å². The molecule has 7 nitrogen and oxygen atoms in total. The number of amides is 1. The number of aromatic carboxylic acids is 1. The van der Waals surface area contributed by atoms with E-state index in [4.69, 9.17) is 16.7 Å². The zero-order chi connectivity index (χ0) is 17.8. The smallest absolute Gasteiger partial charge is 0.337 e. The highest BCUT2D eigenvalue weighted by atomic mass is 35.5. The number of nitrogens with one attached hydrogen (secondary N) is 2. The van der Waals surface area contributed by atoms with Gasteiger partial charge in [0.2, 0.25) is 5.91 Å². The zero-order valence-electron chi connectivity index (χ0n) is 14.0. The minimum atomic E-state index is -1.11. The number of rotatable bonds is 5. The number of anilines is 1. The van der Waals surface area contributed by atoms with Gasteiger partial charge in [-0.05, 0) is 31.2 Å². The fourth-order valence-electron chi connectivity index (χ4n) is 3.41. The van der Waals surface area contributed by atoms with Crippen LogP contribution in [-0.2, 0) is 4.79 Å². The van der Waals surface area contributed by atoms with E-state index >= 15 is 0 Å². The molecule has 0 aliphatic carbocycles. The van der Waals surface area contributed by atoms with Crippen LogP contribution in [0.15, 0.2) is 18.2 Å². The van der Waals surface area contributed by atoms with Crippen molar-refractivity contribution in [2.45, 2.75) is 12.5 Å². The highest BCUT2D eigenvalue weighted by Gasteiger charge is 2.26. The lowest BCUT2D eigenvalue weighted by atomic mass is 10.2. The van der Waals surface area contributed by atoms with Crippen LogP contribution in [0, 0.1) is 0 Å². The fourth-order valence-corrected chi connectivity index (χ4v) is 3.61. The van der Waals surface area contributed by atoms with E-state index in [1.165, 1.54) is 18.6 Å². The highest BCUT2D eigenvalue weighted by molar-refractivity contribution is 6.33. The summed E-state index contributed by atoms with van der Waals surface area (Å²) in [5, 5.41) is 15.4. The minimum absolute atomic E-state index is 0.0155. The van der Waals surface area contributed by atoms with Crippen molar-refractivity contribution in [2.75, 3.05) is 51.1 Å². The summed E-state index contributed by atoms with van der Waals surface area (Å²) in [5.74, 6) is -1.26. The van der Waals surface area contributed by atoms with Gasteiger partial charge >= 0.3 is 5.97 Å².